The predicted octanol–water partition coefficient (Wildman–Crippen LogP) is 12.2. The number of hydrogen-bond donors (Lipinski definition) is 0. The fourth-order valence-electron chi connectivity index (χ4n) is 6.91. The highest BCUT2D eigenvalue weighted by Gasteiger charge is 2.22. The van der Waals surface area contributed by atoms with Crippen LogP contribution < -0.4 is 9.80 Å². The number of hydrogen-bond acceptors (Lipinski definition) is 4. The first kappa shape index (κ1) is 31.3. The van der Waals surface area contributed by atoms with Gasteiger partial charge in [0, 0.05) is 33.5 Å². The summed E-state index contributed by atoms with van der Waals surface area (Å²) in [4.78, 5) is 4.65. The highest BCUT2D eigenvalue weighted by molar-refractivity contribution is 6.28. The summed E-state index contributed by atoms with van der Waals surface area (Å²) in [5, 5.41) is 25.7. The molecule has 0 heterocycles. The molecule has 0 fully saturated rings. The van der Waals surface area contributed by atoms with Gasteiger partial charge in [0.05, 0.1) is 36.4 Å². The van der Waals surface area contributed by atoms with Crippen molar-refractivity contribution in [3.63, 3.8) is 0 Å². The van der Waals surface area contributed by atoms with Gasteiger partial charge in [0.1, 0.15) is 0 Å². The van der Waals surface area contributed by atoms with Crippen LogP contribution >= 0.6 is 0 Å². The Bertz CT molecular complexity index is 2390. The Kier molecular flexibility index (Phi) is 8.79. The Balaban J connectivity index is 1.48. The number of allylic oxidation sites excluding steroid dienone is 3. The van der Waals surface area contributed by atoms with Crippen LogP contribution in [0.2, 0.25) is 0 Å². The first-order valence-corrected chi connectivity index (χ1v) is 16.8. The quantitative estimate of drug-likeness (QED) is 0.111. The van der Waals surface area contributed by atoms with Gasteiger partial charge in [-0.15, -0.1) is 0 Å². The summed E-state index contributed by atoms with van der Waals surface area (Å²) in [7, 11) is 0. The molecule has 0 saturated heterocycles. The molecule has 0 aliphatic heterocycles. The van der Waals surface area contributed by atoms with Crippen LogP contribution in [0.15, 0.2) is 151 Å². The average Bonchev–Trinajstić information content (AvgIpc) is 3.14. The van der Waals surface area contributed by atoms with Gasteiger partial charge in [0.2, 0.25) is 0 Å². The van der Waals surface area contributed by atoms with Gasteiger partial charge in [-0.25, -0.2) is 0 Å². The molecular weight excluding hydrogens is 597 g/mol. The Hall–Kier alpha value is -6.36. The highest BCUT2D eigenvalue weighted by Crippen LogP contribution is 2.46. The Labute approximate surface area is 288 Å². The van der Waals surface area contributed by atoms with Crippen molar-refractivity contribution in [1.82, 2.24) is 0 Å². The van der Waals surface area contributed by atoms with Crippen molar-refractivity contribution in [3.05, 3.63) is 162 Å². The zero-order valence-corrected chi connectivity index (χ0v) is 27.8. The van der Waals surface area contributed by atoms with Crippen LogP contribution in [0.1, 0.15) is 31.4 Å². The third-order valence-corrected chi connectivity index (χ3v) is 9.08. The molecule has 236 valence electrons. The van der Waals surface area contributed by atoms with E-state index in [-0.39, 0.29) is 0 Å². The van der Waals surface area contributed by atoms with E-state index in [9.17, 15) is 10.5 Å². The van der Waals surface area contributed by atoms with Gasteiger partial charge in [-0.3, -0.25) is 0 Å². The standard InChI is InChI=1S/C45H36N4/c1-3-8-36(9-4-2)48(38-20-12-32(13-21-38)28-30-46)42-26-18-34-17-25-41-43(27-19-35-16-24-40(42)44(34)45(35)41)49(37-10-6-5-7-11-37)39-22-14-33(15-23-39)29-31-47/h3,5-27H,4,28-29H2,1-2H3/b8-3-,36-9+. The molecule has 0 aliphatic rings. The Morgan fingerprint density at radius 1 is 0.592 bits per heavy atom. The molecule has 7 aromatic carbocycles. The second kappa shape index (κ2) is 13.8. The van der Waals surface area contributed by atoms with Crippen molar-refractivity contribution >= 4 is 60.8 Å². The maximum atomic E-state index is 9.28. The van der Waals surface area contributed by atoms with Crippen molar-refractivity contribution in [2.75, 3.05) is 9.80 Å². The van der Waals surface area contributed by atoms with Gasteiger partial charge < -0.3 is 9.80 Å². The molecular formula is C45H36N4. The largest absolute Gasteiger partial charge is 0.310 e. The van der Waals surface area contributed by atoms with E-state index in [4.69, 9.17) is 0 Å². The maximum absolute atomic E-state index is 9.28. The van der Waals surface area contributed by atoms with Crippen molar-refractivity contribution < 1.29 is 0 Å². The van der Waals surface area contributed by atoms with Crippen molar-refractivity contribution in [2.45, 2.75) is 33.1 Å². The molecule has 0 N–H and O–H groups in total. The average molecular weight is 633 g/mol. The summed E-state index contributed by atoms with van der Waals surface area (Å²) in [6.45, 7) is 4.22. The summed E-state index contributed by atoms with van der Waals surface area (Å²) in [5.41, 5.74) is 8.45. The molecule has 4 nitrogen and oxygen atoms in total. The molecule has 0 unspecified atom stereocenters. The lowest BCUT2D eigenvalue weighted by atomic mass is 9.91. The lowest BCUT2D eigenvalue weighted by molar-refractivity contribution is 1.14. The topological polar surface area (TPSA) is 54.1 Å². The Morgan fingerprint density at radius 3 is 1.65 bits per heavy atom. The number of anilines is 5. The molecule has 0 bridgehead atoms. The van der Waals surface area contributed by atoms with E-state index in [1.165, 1.54) is 32.3 Å². The minimum atomic E-state index is 0.386. The molecule has 0 radical (unpaired) electrons. The number of benzene rings is 7. The van der Waals surface area contributed by atoms with Gasteiger partial charge in [-0.2, -0.15) is 10.5 Å². The summed E-state index contributed by atoms with van der Waals surface area (Å²) < 4.78 is 0. The second-order valence-corrected chi connectivity index (χ2v) is 12.1. The monoisotopic (exact) mass is 632 g/mol. The molecule has 4 heteroatoms. The fraction of sp³-hybridized carbons (Fsp3) is 0.111. The summed E-state index contributed by atoms with van der Waals surface area (Å²) in [5.74, 6) is 0. The van der Waals surface area contributed by atoms with Gasteiger partial charge in [-0.1, -0.05) is 97.9 Å². The lowest BCUT2D eigenvalue weighted by Gasteiger charge is -2.30. The number of rotatable bonds is 10. The van der Waals surface area contributed by atoms with Crippen LogP contribution in [0.5, 0.6) is 0 Å². The third kappa shape index (κ3) is 5.86. The normalized spacial score (nSPS) is 11.7. The molecule has 0 amide bonds. The van der Waals surface area contributed by atoms with E-state index in [0.717, 1.165) is 51.7 Å². The maximum Gasteiger partial charge on any atom is 0.0669 e. The first-order chi connectivity index (χ1) is 24.1. The van der Waals surface area contributed by atoms with E-state index in [0.29, 0.717) is 12.8 Å². The minimum Gasteiger partial charge on any atom is -0.310 e. The molecule has 0 saturated carbocycles. The molecule has 0 atom stereocenters. The van der Waals surface area contributed by atoms with Gasteiger partial charge >= 0.3 is 0 Å². The van der Waals surface area contributed by atoms with Gasteiger partial charge in [0.25, 0.3) is 0 Å². The molecule has 7 aromatic rings. The second-order valence-electron chi connectivity index (χ2n) is 12.1. The van der Waals surface area contributed by atoms with Crippen LogP contribution in [0.3, 0.4) is 0 Å². The zero-order valence-electron chi connectivity index (χ0n) is 27.8. The van der Waals surface area contributed by atoms with Crippen LogP contribution in [0.4, 0.5) is 28.4 Å². The number of para-hydroxylation sites is 1. The van der Waals surface area contributed by atoms with Crippen molar-refractivity contribution in [1.29, 1.82) is 10.5 Å². The highest BCUT2D eigenvalue weighted by atomic mass is 15.2. The Morgan fingerprint density at radius 2 is 1.10 bits per heavy atom. The predicted molar refractivity (Wildman–Crippen MR) is 205 cm³/mol. The lowest BCUT2D eigenvalue weighted by Crippen LogP contribution is -2.16. The minimum absolute atomic E-state index is 0.386. The first-order valence-electron chi connectivity index (χ1n) is 16.8. The van der Waals surface area contributed by atoms with Gasteiger partial charge in [-0.05, 0) is 101 Å². The van der Waals surface area contributed by atoms with E-state index >= 15 is 0 Å². The third-order valence-electron chi connectivity index (χ3n) is 9.08. The molecule has 0 spiro atoms. The van der Waals surface area contributed by atoms with Crippen LogP contribution in [-0.4, -0.2) is 0 Å². The van der Waals surface area contributed by atoms with E-state index in [2.05, 4.69) is 163 Å². The van der Waals surface area contributed by atoms with E-state index in [1.54, 1.807) is 0 Å². The zero-order chi connectivity index (χ0) is 33.7. The van der Waals surface area contributed by atoms with Crippen LogP contribution in [-0.2, 0) is 12.8 Å². The molecule has 0 aromatic heterocycles. The van der Waals surface area contributed by atoms with E-state index < -0.39 is 0 Å². The molecule has 49 heavy (non-hydrogen) atoms. The molecule has 7 rings (SSSR count). The van der Waals surface area contributed by atoms with Crippen molar-refractivity contribution in [3.8, 4) is 12.1 Å². The number of nitriles is 2. The SMILES string of the molecule is C/C=C\C(=C/CC)N(c1ccc(CC#N)cc1)c1ccc2ccc3c(N(c4ccccc4)c4ccc(CC#N)cc4)ccc4ccc1c2c43. The number of nitrogens with zero attached hydrogens (tertiary/aromatic N) is 4. The van der Waals surface area contributed by atoms with Crippen LogP contribution in [0.25, 0.3) is 32.3 Å². The summed E-state index contributed by atoms with van der Waals surface area (Å²) in [6, 6.07) is 49.6. The molecule has 0 aliphatic carbocycles. The summed E-state index contributed by atoms with van der Waals surface area (Å²) in [6.07, 6.45) is 8.19. The van der Waals surface area contributed by atoms with Crippen molar-refractivity contribution in [2.24, 2.45) is 0 Å². The fourth-order valence-corrected chi connectivity index (χ4v) is 6.91. The summed E-state index contributed by atoms with van der Waals surface area (Å²) >= 11 is 0. The smallest absolute Gasteiger partial charge is 0.0669 e. The van der Waals surface area contributed by atoms with E-state index in [1.807, 2.05) is 18.2 Å². The van der Waals surface area contributed by atoms with Crippen LogP contribution in [0, 0.1) is 22.7 Å². The van der Waals surface area contributed by atoms with Gasteiger partial charge in [0.15, 0.2) is 0 Å².